The summed E-state index contributed by atoms with van der Waals surface area (Å²) in [5.41, 5.74) is 6.88. The number of aromatic amines is 2. The van der Waals surface area contributed by atoms with Gasteiger partial charge in [0, 0.05) is 23.5 Å². The Balaban J connectivity index is 1.15. The van der Waals surface area contributed by atoms with Crippen LogP contribution in [0.1, 0.15) is 73.3 Å². The lowest BCUT2D eigenvalue weighted by Crippen LogP contribution is -2.14. The lowest BCUT2D eigenvalue weighted by Gasteiger charge is -2.21. The van der Waals surface area contributed by atoms with Crippen molar-refractivity contribution in [3.05, 3.63) is 71.6 Å². The highest BCUT2D eigenvalue weighted by Gasteiger charge is 2.23. The van der Waals surface area contributed by atoms with E-state index in [1.54, 1.807) is 0 Å². The third-order valence-electron chi connectivity index (χ3n) is 7.67. The summed E-state index contributed by atoms with van der Waals surface area (Å²) in [6.45, 7) is 1.07. The van der Waals surface area contributed by atoms with Gasteiger partial charge >= 0.3 is 0 Å². The summed E-state index contributed by atoms with van der Waals surface area (Å²) in [7, 11) is 0. The molecular weight excluding hydrogens is 422 g/mol. The van der Waals surface area contributed by atoms with Crippen molar-refractivity contribution in [2.45, 2.75) is 56.9 Å². The summed E-state index contributed by atoms with van der Waals surface area (Å²) in [4.78, 5) is 16.5. The van der Waals surface area contributed by atoms with E-state index in [0.29, 0.717) is 12.0 Å². The predicted octanol–water partition coefficient (Wildman–Crippen LogP) is 6.25. The highest BCUT2D eigenvalue weighted by atomic mass is 16.5. The Hall–Kier alpha value is -3.38. The van der Waals surface area contributed by atoms with E-state index in [1.807, 2.05) is 12.4 Å². The first-order valence-corrected chi connectivity index (χ1v) is 12.6. The molecule has 2 aromatic heterocycles. The standard InChI is InChI=1S/C28H29N5O/c1-2-5-17(4-1)27-30-15-23(32-27)18-7-9-25-20(12-18)14-21-13-19(8-10-26(21)34-25)24-16-31-28(33-24)22-6-3-11-29-22/h7-10,12-13,15-17,22,29H,1-6,11,14H2,(H,30,32)(H,31,33). The van der Waals surface area contributed by atoms with Crippen LogP contribution in [0.2, 0.25) is 0 Å². The van der Waals surface area contributed by atoms with Crippen molar-refractivity contribution in [2.24, 2.45) is 0 Å². The molecule has 2 aromatic carbocycles. The fourth-order valence-corrected chi connectivity index (χ4v) is 5.76. The van der Waals surface area contributed by atoms with Crippen molar-refractivity contribution < 1.29 is 4.74 Å². The number of aromatic nitrogens is 4. The maximum atomic E-state index is 6.27. The number of H-pyrrole nitrogens is 2. The molecule has 0 bridgehead atoms. The third-order valence-corrected chi connectivity index (χ3v) is 7.67. The van der Waals surface area contributed by atoms with Gasteiger partial charge in [0.2, 0.25) is 0 Å². The van der Waals surface area contributed by atoms with E-state index in [1.165, 1.54) is 48.8 Å². The molecule has 0 radical (unpaired) electrons. The average Bonchev–Trinajstić information content (AvgIpc) is 3.68. The molecule has 4 heterocycles. The van der Waals surface area contributed by atoms with Crippen LogP contribution in [0.5, 0.6) is 11.5 Å². The zero-order valence-electron chi connectivity index (χ0n) is 19.2. The summed E-state index contributed by atoms with van der Waals surface area (Å²) in [6, 6.07) is 13.2. The van der Waals surface area contributed by atoms with E-state index in [9.17, 15) is 0 Å². The number of imidazole rings is 2. The molecule has 2 fully saturated rings. The molecule has 1 unspecified atom stereocenters. The van der Waals surface area contributed by atoms with Crippen molar-refractivity contribution in [1.82, 2.24) is 25.3 Å². The van der Waals surface area contributed by atoms with Crippen LogP contribution < -0.4 is 10.1 Å². The fourth-order valence-electron chi connectivity index (χ4n) is 5.76. The summed E-state index contributed by atoms with van der Waals surface area (Å²) in [5.74, 6) is 4.64. The molecule has 172 valence electrons. The normalized spacial score (nSPS) is 19.7. The highest BCUT2D eigenvalue weighted by molar-refractivity contribution is 5.67. The summed E-state index contributed by atoms with van der Waals surface area (Å²) < 4.78 is 6.27. The van der Waals surface area contributed by atoms with Gasteiger partial charge in [-0.15, -0.1) is 0 Å². The van der Waals surface area contributed by atoms with E-state index >= 15 is 0 Å². The van der Waals surface area contributed by atoms with Crippen LogP contribution in [-0.2, 0) is 6.42 Å². The predicted molar refractivity (Wildman–Crippen MR) is 132 cm³/mol. The molecule has 0 amide bonds. The second kappa shape index (κ2) is 8.13. The van der Waals surface area contributed by atoms with Crippen LogP contribution in [0.25, 0.3) is 22.5 Å². The molecule has 3 N–H and O–H groups in total. The first-order chi connectivity index (χ1) is 16.8. The molecule has 7 rings (SSSR count). The van der Waals surface area contributed by atoms with Gasteiger partial charge in [-0.05, 0) is 79.8 Å². The number of benzene rings is 2. The molecule has 3 aliphatic rings. The molecule has 1 saturated heterocycles. The minimum Gasteiger partial charge on any atom is -0.457 e. The van der Waals surface area contributed by atoms with Crippen LogP contribution in [0.3, 0.4) is 0 Å². The smallest absolute Gasteiger partial charge is 0.131 e. The Bertz CT molecular complexity index is 1240. The number of rotatable bonds is 4. The second-order valence-corrected chi connectivity index (χ2v) is 9.92. The maximum Gasteiger partial charge on any atom is 0.131 e. The van der Waals surface area contributed by atoms with Gasteiger partial charge in [0.1, 0.15) is 23.1 Å². The topological polar surface area (TPSA) is 78.6 Å². The van der Waals surface area contributed by atoms with Crippen LogP contribution in [-0.4, -0.2) is 26.5 Å². The Labute approximate surface area is 199 Å². The monoisotopic (exact) mass is 451 g/mol. The zero-order valence-corrected chi connectivity index (χ0v) is 19.2. The molecule has 2 aliphatic heterocycles. The largest absolute Gasteiger partial charge is 0.457 e. The first kappa shape index (κ1) is 20.0. The van der Waals surface area contributed by atoms with E-state index in [4.69, 9.17) is 9.72 Å². The first-order valence-electron chi connectivity index (χ1n) is 12.6. The molecule has 6 nitrogen and oxygen atoms in total. The molecule has 4 aromatic rings. The van der Waals surface area contributed by atoms with E-state index in [0.717, 1.165) is 59.5 Å². The molecule has 1 aliphatic carbocycles. The summed E-state index contributed by atoms with van der Waals surface area (Å²) in [5, 5.41) is 3.51. The summed E-state index contributed by atoms with van der Waals surface area (Å²) >= 11 is 0. The minimum atomic E-state index is 0.344. The maximum absolute atomic E-state index is 6.27. The van der Waals surface area contributed by atoms with Crippen molar-refractivity contribution in [3.63, 3.8) is 0 Å². The average molecular weight is 452 g/mol. The Morgan fingerprint density at radius 3 is 2.03 bits per heavy atom. The van der Waals surface area contributed by atoms with Gasteiger partial charge in [-0.2, -0.15) is 0 Å². The van der Waals surface area contributed by atoms with Gasteiger partial charge in [-0.1, -0.05) is 12.8 Å². The lowest BCUT2D eigenvalue weighted by molar-refractivity contribution is 0.460. The molecule has 34 heavy (non-hydrogen) atoms. The molecule has 1 atom stereocenters. The minimum absolute atomic E-state index is 0.344. The van der Waals surface area contributed by atoms with Gasteiger partial charge in [0.05, 0.1) is 29.8 Å². The van der Waals surface area contributed by atoms with Crippen molar-refractivity contribution in [1.29, 1.82) is 0 Å². The third kappa shape index (κ3) is 3.53. The molecule has 6 heteroatoms. The lowest BCUT2D eigenvalue weighted by atomic mass is 9.96. The zero-order chi connectivity index (χ0) is 22.5. The van der Waals surface area contributed by atoms with E-state index < -0.39 is 0 Å². The van der Waals surface area contributed by atoms with Crippen LogP contribution in [0.4, 0.5) is 0 Å². The van der Waals surface area contributed by atoms with Crippen molar-refractivity contribution >= 4 is 0 Å². The molecular formula is C28H29N5O. The van der Waals surface area contributed by atoms with E-state index in [2.05, 4.69) is 56.7 Å². The van der Waals surface area contributed by atoms with Crippen molar-refractivity contribution in [3.8, 4) is 34.0 Å². The number of fused-ring (bicyclic) bond motifs is 2. The van der Waals surface area contributed by atoms with Gasteiger partial charge in [-0.25, -0.2) is 9.97 Å². The quantitative estimate of drug-likeness (QED) is 0.302. The Morgan fingerprint density at radius 1 is 0.735 bits per heavy atom. The van der Waals surface area contributed by atoms with Gasteiger partial charge in [0.25, 0.3) is 0 Å². The van der Waals surface area contributed by atoms with Crippen LogP contribution in [0.15, 0.2) is 48.8 Å². The van der Waals surface area contributed by atoms with Crippen molar-refractivity contribution in [2.75, 3.05) is 6.54 Å². The van der Waals surface area contributed by atoms with Gasteiger partial charge < -0.3 is 20.0 Å². The van der Waals surface area contributed by atoms with Gasteiger partial charge in [0.15, 0.2) is 0 Å². The molecule has 0 spiro atoms. The fraction of sp³-hybridized carbons (Fsp3) is 0.357. The van der Waals surface area contributed by atoms with E-state index in [-0.39, 0.29) is 0 Å². The highest BCUT2D eigenvalue weighted by Crippen LogP contribution is 2.40. The number of ether oxygens (including phenoxy) is 1. The number of nitrogens with one attached hydrogen (secondary N) is 3. The van der Waals surface area contributed by atoms with Crippen LogP contribution in [0, 0.1) is 0 Å². The SMILES string of the molecule is c1cc2c(cc1-c1cnc(C3CCCC3)[nH]1)Cc1cc(-c3cnc(C4CCCN4)[nH]3)ccc1O2. The second-order valence-electron chi connectivity index (χ2n) is 9.92. The van der Waals surface area contributed by atoms with Crippen LogP contribution >= 0.6 is 0 Å². The Morgan fingerprint density at radius 2 is 1.38 bits per heavy atom. The summed E-state index contributed by atoms with van der Waals surface area (Å²) in [6.07, 6.45) is 12.3. The Kier molecular flexibility index (Phi) is 4.79. The number of nitrogens with zero attached hydrogens (tertiary/aromatic N) is 2. The number of hydrogen-bond donors (Lipinski definition) is 3. The number of hydrogen-bond acceptors (Lipinski definition) is 4. The van der Waals surface area contributed by atoms with Gasteiger partial charge in [-0.3, -0.25) is 0 Å². The molecule has 1 saturated carbocycles.